The van der Waals surface area contributed by atoms with E-state index >= 15 is 0 Å². The summed E-state index contributed by atoms with van der Waals surface area (Å²) in [5, 5.41) is 4.70. The van der Waals surface area contributed by atoms with Gasteiger partial charge in [-0.2, -0.15) is 5.10 Å². The fourth-order valence-electron chi connectivity index (χ4n) is 1.84. The molecule has 0 unspecified atom stereocenters. The topological polar surface area (TPSA) is 47.8 Å². The quantitative estimate of drug-likeness (QED) is 0.633. The maximum Gasteiger partial charge on any atom is 0.169 e. The minimum Gasteiger partial charge on any atom is -0.294 e. The molecule has 0 atom stereocenters. The average Bonchev–Trinajstić information content (AvgIpc) is 2.66. The summed E-state index contributed by atoms with van der Waals surface area (Å²) in [5.74, 6) is -0.00402. The van der Waals surface area contributed by atoms with Crippen LogP contribution < -0.4 is 0 Å². The molecular formula is C13H13BrClN3O. The molecule has 2 heterocycles. The number of pyridine rings is 1. The van der Waals surface area contributed by atoms with Crippen molar-refractivity contribution in [1.82, 2.24) is 14.8 Å². The highest BCUT2D eigenvalue weighted by Gasteiger charge is 2.17. The minimum absolute atomic E-state index is 0.00402. The number of hydrogen-bond acceptors (Lipinski definition) is 3. The summed E-state index contributed by atoms with van der Waals surface area (Å²) in [6.45, 7) is 2.03. The maximum absolute atomic E-state index is 12.2. The lowest BCUT2D eigenvalue weighted by atomic mass is 10.1. The van der Waals surface area contributed by atoms with Crippen LogP contribution in [0.25, 0.3) is 0 Å². The molecule has 0 saturated carbocycles. The molecule has 100 valence electrons. The third-order valence-corrected chi connectivity index (χ3v) is 4.00. The van der Waals surface area contributed by atoms with Gasteiger partial charge in [-0.1, -0.05) is 18.5 Å². The molecule has 6 heteroatoms. The Kier molecular flexibility index (Phi) is 4.37. The normalized spacial score (nSPS) is 10.7. The van der Waals surface area contributed by atoms with E-state index in [1.54, 1.807) is 16.8 Å². The summed E-state index contributed by atoms with van der Waals surface area (Å²) in [7, 11) is 1.84. The molecule has 4 nitrogen and oxygen atoms in total. The molecule has 0 aliphatic rings. The summed E-state index contributed by atoms with van der Waals surface area (Å²) in [6.07, 6.45) is 2.64. The van der Waals surface area contributed by atoms with Crippen molar-refractivity contribution >= 4 is 33.3 Å². The maximum atomic E-state index is 12.2. The number of ketones is 1. The van der Waals surface area contributed by atoms with E-state index in [0.29, 0.717) is 10.7 Å². The second kappa shape index (κ2) is 5.84. The number of nitrogens with zero attached hydrogens (tertiary/aromatic N) is 3. The number of Topliss-reactive ketones (excluding diaryl/α,β-unsaturated/α-hetero) is 1. The second-order valence-electron chi connectivity index (χ2n) is 4.15. The lowest BCUT2D eigenvalue weighted by Gasteiger charge is -2.03. The molecular weight excluding hydrogens is 330 g/mol. The second-order valence-corrected chi connectivity index (χ2v) is 5.33. The van der Waals surface area contributed by atoms with Gasteiger partial charge in [0.05, 0.1) is 22.3 Å². The van der Waals surface area contributed by atoms with Crippen molar-refractivity contribution in [3.63, 3.8) is 0 Å². The molecule has 0 aliphatic carbocycles. The molecule has 0 bridgehead atoms. The van der Waals surface area contributed by atoms with E-state index in [4.69, 9.17) is 11.6 Å². The standard InChI is InChI=1S/C13H13BrClN3O/c1-3-9-13(14)10(18(2)17-9)7-11(19)8-4-5-16-12(15)6-8/h4-6H,3,7H2,1-2H3. The van der Waals surface area contributed by atoms with Crippen molar-refractivity contribution in [3.05, 3.63) is 44.9 Å². The molecule has 2 aromatic rings. The molecule has 0 spiro atoms. The van der Waals surface area contributed by atoms with Gasteiger partial charge in [0.25, 0.3) is 0 Å². The summed E-state index contributed by atoms with van der Waals surface area (Å²) < 4.78 is 2.65. The lowest BCUT2D eigenvalue weighted by Crippen LogP contribution is -2.08. The number of rotatable bonds is 4. The Morgan fingerprint density at radius 3 is 2.84 bits per heavy atom. The van der Waals surface area contributed by atoms with Gasteiger partial charge < -0.3 is 0 Å². The Bertz CT molecular complexity index is 624. The zero-order valence-corrected chi connectivity index (χ0v) is 13.0. The highest BCUT2D eigenvalue weighted by atomic mass is 79.9. The highest BCUT2D eigenvalue weighted by molar-refractivity contribution is 9.10. The predicted molar refractivity (Wildman–Crippen MR) is 77.6 cm³/mol. The fraction of sp³-hybridized carbons (Fsp3) is 0.308. The SMILES string of the molecule is CCc1nn(C)c(CC(=O)c2ccnc(Cl)c2)c1Br. The highest BCUT2D eigenvalue weighted by Crippen LogP contribution is 2.23. The average molecular weight is 343 g/mol. The zero-order chi connectivity index (χ0) is 14.0. The summed E-state index contributed by atoms with van der Waals surface area (Å²) in [5.41, 5.74) is 2.39. The van der Waals surface area contributed by atoms with Crippen LogP contribution in [0.3, 0.4) is 0 Å². The van der Waals surface area contributed by atoms with E-state index in [0.717, 1.165) is 22.3 Å². The predicted octanol–water partition coefficient (Wildman–Crippen LogP) is 3.22. The van der Waals surface area contributed by atoms with Crippen LogP contribution in [-0.2, 0) is 19.9 Å². The van der Waals surface area contributed by atoms with Crippen LogP contribution in [0.2, 0.25) is 5.15 Å². The van der Waals surface area contributed by atoms with E-state index in [1.165, 1.54) is 6.20 Å². The monoisotopic (exact) mass is 341 g/mol. The summed E-state index contributed by atoms with van der Waals surface area (Å²) in [6, 6.07) is 3.24. The third-order valence-electron chi connectivity index (χ3n) is 2.88. The van der Waals surface area contributed by atoms with Crippen LogP contribution in [0.1, 0.15) is 28.7 Å². The first-order valence-corrected chi connectivity index (χ1v) is 7.05. The van der Waals surface area contributed by atoms with Crippen LogP contribution in [0.5, 0.6) is 0 Å². The fourth-order valence-corrected chi connectivity index (χ4v) is 2.77. The van der Waals surface area contributed by atoms with Gasteiger partial charge in [-0.25, -0.2) is 4.98 Å². The molecule has 0 radical (unpaired) electrons. The van der Waals surface area contributed by atoms with Gasteiger partial charge in [-0.3, -0.25) is 9.48 Å². The van der Waals surface area contributed by atoms with E-state index in [2.05, 4.69) is 26.0 Å². The molecule has 0 fully saturated rings. The number of aryl methyl sites for hydroxylation is 2. The van der Waals surface area contributed by atoms with Gasteiger partial charge in [0.1, 0.15) is 5.15 Å². The number of hydrogen-bond donors (Lipinski definition) is 0. The van der Waals surface area contributed by atoms with Gasteiger partial charge in [0.2, 0.25) is 0 Å². The first-order valence-electron chi connectivity index (χ1n) is 5.88. The van der Waals surface area contributed by atoms with Gasteiger partial charge in [0.15, 0.2) is 5.78 Å². The minimum atomic E-state index is -0.00402. The van der Waals surface area contributed by atoms with Gasteiger partial charge in [-0.05, 0) is 34.5 Å². The first kappa shape index (κ1) is 14.2. The molecule has 2 rings (SSSR count). The number of halogens is 2. The van der Waals surface area contributed by atoms with Crippen molar-refractivity contribution in [2.45, 2.75) is 19.8 Å². The molecule has 19 heavy (non-hydrogen) atoms. The summed E-state index contributed by atoms with van der Waals surface area (Å²) >= 11 is 9.29. The Hall–Kier alpha value is -1.20. The van der Waals surface area contributed by atoms with Crippen molar-refractivity contribution in [3.8, 4) is 0 Å². The molecule has 0 saturated heterocycles. The zero-order valence-electron chi connectivity index (χ0n) is 10.7. The number of aromatic nitrogens is 3. The van der Waals surface area contributed by atoms with E-state index in [-0.39, 0.29) is 12.2 Å². The van der Waals surface area contributed by atoms with Crippen molar-refractivity contribution in [2.75, 3.05) is 0 Å². The van der Waals surface area contributed by atoms with Crippen molar-refractivity contribution in [1.29, 1.82) is 0 Å². The molecule has 0 amide bonds. The Morgan fingerprint density at radius 1 is 1.53 bits per heavy atom. The Morgan fingerprint density at radius 2 is 2.26 bits per heavy atom. The van der Waals surface area contributed by atoms with Gasteiger partial charge in [0, 0.05) is 18.8 Å². The van der Waals surface area contributed by atoms with Crippen LogP contribution in [0.15, 0.2) is 22.8 Å². The molecule has 0 aromatic carbocycles. The summed E-state index contributed by atoms with van der Waals surface area (Å²) in [4.78, 5) is 16.1. The largest absolute Gasteiger partial charge is 0.294 e. The molecule has 0 aliphatic heterocycles. The van der Waals surface area contributed by atoms with E-state index in [9.17, 15) is 4.79 Å². The molecule has 0 N–H and O–H groups in total. The third kappa shape index (κ3) is 3.04. The van der Waals surface area contributed by atoms with Crippen LogP contribution >= 0.6 is 27.5 Å². The van der Waals surface area contributed by atoms with Crippen molar-refractivity contribution in [2.24, 2.45) is 7.05 Å². The van der Waals surface area contributed by atoms with E-state index in [1.807, 2.05) is 14.0 Å². The number of carbonyl (C=O) groups is 1. The van der Waals surface area contributed by atoms with Crippen LogP contribution in [0, 0.1) is 0 Å². The lowest BCUT2D eigenvalue weighted by molar-refractivity contribution is 0.0990. The number of carbonyl (C=O) groups excluding carboxylic acids is 1. The van der Waals surface area contributed by atoms with Gasteiger partial charge >= 0.3 is 0 Å². The first-order chi connectivity index (χ1) is 9.02. The smallest absolute Gasteiger partial charge is 0.169 e. The molecule has 2 aromatic heterocycles. The van der Waals surface area contributed by atoms with Crippen molar-refractivity contribution < 1.29 is 4.79 Å². The Labute approximate surface area is 124 Å². The van der Waals surface area contributed by atoms with E-state index < -0.39 is 0 Å². The van der Waals surface area contributed by atoms with Crippen LogP contribution in [0.4, 0.5) is 0 Å². The van der Waals surface area contributed by atoms with Crippen LogP contribution in [-0.4, -0.2) is 20.5 Å². The Balaban J connectivity index is 2.27. The van der Waals surface area contributed by atoms with Gasteiger partial charge in [-0.15, -0.1) is 0 Å².